The van der Waals surface area contributed by atoms with Crippen molar-refractivity contribution in [2.24, 2.45) is 10.9 Å². The van der Waals surface area contributed by atoms with Gasteiger partial charge in [0.25, 0.3) is 0 Å². The SMILES string of the molecule is CN=C(NCc1ccc(S(C)(=O)=O)c(C)c1)NCc1ccccc1OCC1CC1.I. The summed E-state index contributed by atoms with van der Waals surface area (Å²) < 4.78 is 29.5. The van der Waals surface area contributed by atoms with Crippen molar-refractivity contribution in [2.75, 3.05) is 19.9 Å². The zero-order chi connectivity index (χ0) is 20.9. The van der Waals surface area contributed by atoms with E-state index < -0.39 is 9.84 Å². The Morgan fingerprint density at radius 3 is 2.47 bits per heavy atom. The number of para-hydroxylation sites is 1. The maximum absolute atomic E-state index is 11.8. The zero-order valence-corrected chi connectivity index (χ0v) is 20.8. The maximum atomic E-state index is 11.8. The number of aliphatic imine (C=N–C) groups is 1. The number of sulfone groups is 1. The molecule has 8 heteroatoms. The van der Waals surface area contributed by atoms with Gasteiger partial charge < -0.3 is 15.4 Å². The van der Waals surface area contributed by atoms with Crippen LogP contribution in [0, 0.1) is 12.8 Å². The van der Waals surface area contributed by atoms with Crippen LogP contribution >= 0.6 is 24.0 Å². The minimum atomic E-state index is -3.20. The molecule has 164 valence electrons. The van der Waals surface area contributed by atoms with Crippen molar-refractivity contribution >= 4 is 39.8 Å². The van der Waals surface area contributed by atoms with E-state index in [1.54, 1.807) is 13.1 Å². The second-order valence-corrected chi connectivity index (χ2v) is 9.50. The molecule has 2 N–H and O–H groups in total. The Bertz CT molecular complexity index is 989. The third-order valence-electron chi connectivity index (χ3n) is 4.91. The van der Waals surface area contributed by atoms with Crippen molar-refractivity contribution in [1.82, 2.24) is 10.6 Å². The van der Waals surface area contributed by atoms with E-state index in [4.69, 9.17) is 4.74 Å². The molecule has 6 nitrogen and oxygen atoms in total. The smallest absolute Gasteiger partial charge is 0.191 e. The highest BCUT2D eigenvalue weighted by Crippen LogP contribution is 2.30. The second-order valence-electron chi connectivity index (χ2n) is 7.51. The van der Waals surface area contributed by atoms with E-state index in [9.17, 15) is 8.42 Å². The summed E-state index contributed by atoms with van der Waals surface area (Å²) in [4.78, 5) is 4.64. The van der Waals surface area contributed by atoms with E-state index in [1.165, 1.54) is 19.1 Å². The fourth-order valence-electron chi connectivity index (χ4n) is 3.11. The van der Waals surface area contributed by atoms with Gasteiger partial charge in [0, 0.05) is 32.0 Å². The van der Waals surface area contributed by atoms with Crippen LogP contribution in [0.3, 0.4) is 0 Å². The van der Waals surface area contributed by atoms with E-state index in [2.05, 4.69) is 21.7 Å². The van der Waals surface area contributed by atoms with Gasteiger partial charge >= 0.3 is 0 Å². The average Bonchev–Trinajstić information content (AvgIpc) is 3.50. The highest BCUT2D eigenvalue weighted by Gasteiger charge is 2.22. The molecule has 1 fully saturated rings. The number of ether oxygens (including phenoxy) is 1. The summed E-state index contributed by atoms with van der Waals surface area (Å²) in [7, 11) is -1.48. The van der Waals surface area contributed by atoms with E-state index in [1.807, 2.05) is 37.3 Å². The molecule has 30 heavy (non-hydrogen) atoms. The Kier molecular flexibility index (Phi) is 8.96. The number of hydrogen-bond acceptors (Lipinski definition) is 4. The third-order valence-corrected chi connectivity index (χ3v) is 6.17. The van der Waals surface area contributed by atoms with Gasteiger partial charge in [-0.05, 0) is 48.9 Å². The van der Waals surface area contributed by atoms with Gasteiger partial charge in [-0.2, -0.15) is 0 Å². The quantitative estimate of drug-likeness (QED) is 0.302. The van der Waals surface area contributed by atoms with Crippen LogP contribution in [0.15, 0.2) is 52.4 Å². The summed E-state index contributed by atoms with van der Waals surface area (Å²) in [6.45, 7) is 3.75. The standard InChI is InChI=1S/C22H29N3O3S.HI/c1-16-12-18(10-11-21(16)29(3,26)27)13-24-22(23-2)25-14-19-6-4-5-7-20(19)28-15-17-8-9-17;/h4-7,10-12,17H,8-9,13-15H2,1-3H3,(H2,23,24,25);1H. The Hall–Kier alpha value is -1.81. The Labute approximate surface area is 196 Å². The van der Waals surface area contributed by atoms with Crippen LogP contribution in [-0.2, 0) is 22.9 Å². The van der Waals surface area contributed by atoms with Crippen LogP contribution in [0.4, 0.5) is 0 Å². The number of benzene rings is 2. The normalized spacial score (nSPS) is 14.0. The lowest BCUT2D eigenvalue weighted by Crippen LogP contribution is -2.36. The molecule has 0 unspecified atom stereocenters. The lowest BCUT2D eigenvalue weighted by Gasteiger charge is -2.15. The number of nitrogens with zero attached hydrogens (tertiary/aromatic N) is 1. The van der Waals surface area contributed by atoms with Crippen molar-refractivity contribution in [2.45, 2.75) is 37.8 Å². The van der Waals surface area contributed by atoms with Gasteiger partial charge in [0.05, 0.1) is 11.5 Å². The van der Waals surface area contributed by atoms with Crippen molar-refractivity contribution in [3.8, 4) is 5.75 Å². The first-order valence-electron chi connectivity index (χ1n) is 9.81. The Morgan fingerprint density at radius 1 is 1.13 bits per heavy atom. The lowest BCUT2D eigenvalue weighted by molar-refractivity contribution is 0.296. The molecule has 0 aromatic heterocycles. The van der Waals surface area contributed by atoms with Gasteiger partial charge in [-0.25, -0.2) is 8.42 Å². The van der Waals surface area contributed by atoms with E-state index in [0.717, 1.165) is 29.0 Å². The van der Waals surface area contributed by atoms with Gasteiger partial charge in [-0.1, -0.05) is 30.3 Å². The van der Waals surface area contributed by atoms with E-state index >= 15 is 0 Å². The van der Waals surface area contributed by atoms with Crippen LogP contribution in [-0.4, -0.2) is 34.3 Å². The van der Waals surface area contributed by atoms with Crippen LogP contribution < -0.4 is 15.4 Å². The van der Waals surface area contributed by atoms with Crippen LogP contribution in [0.5, 0.6) is 5.75 Å². The topological polar surface area (TPSA) is 79.8 Å². The summed E-state index contributed by atoms with van der Waals surface area (Å²) in [6.07, 6.45) is 3.76. The van der Waals surface area contributed by atoms with Gasteiger partial charge in [-0.15, -0.1) is 24.0 Å². The molecule has 0 atom stereocenters. The van der Waals surface area contributed by atoms with Crippen LogP contribution in [0.25, 0.3) is 0 Å². The summed E-state index contributed by atoms with van der Waals surface area (Å²) in [5.41, 5.74) is 2.83. The monoisotopic (exact) mass is 543 g/mol. The predicted octanol–water partition coefficient (Wildman–Crippen LogP) is 3.67. The average molecular weight is 543 g/mol. The molecule has 3 rings (SSSR count). The number of guanidine groups is 1. The highest BCUT2D eigenvalue weighted by molar-refractivity contribution is 14.0. The minimum Gasteiger partial charge on any atom is -0.493 e. The minimum absolute atomic E-state index is 0. The lowest BCUT2D eigenvalue weighted by atomic mass is 10.1. The molecule has 0 amide bonds. The molecule has 0 bridgehead atoms. The fourth-order valence-corrected chi connectivity index (χ4v) is 4.06. The highest BCUT2D eigenvalue weighted by atomic mass is 127. The van der Waals surface area contributed by atoms with Gasteiger partial charge in [0.1, 0.15) is 5.75 Å². The first-order chi connectivity index (χ1) is 13.9. The third kappa shape index (κ3) is 7.16. The maximum Gasteiger partial charge on any atom is 0.191 e. The van der Waals surface area contributed by atoms with Gasteiger partial charge in [0.15, 0.2) is 15.8 Å². The molecular weight excluding hydrogens is 513 g/mol. The van der Waals surface area contributed by atoms with Crippen LogP contribution in [0.1, 0.15) is 29.5 Å². The van der Waals surface area contributed by atoms with Crippen molar-refractivity contribution < 1.29 is 13.2 Å². The van der Waals surface area contributed by atoms with Crippen molar-refractivity contribution in [3.05, 3.63) is 59.2 Å². The molecule has 0 spiro atoms. The largest absolute Gasteiger partial charge is 0.493 e. The zero-order valence-electron chi connectivity index (χ0n) is 17.6. The molecule has 0 heterocycles. The van der Waals surface area contributed by atoms with Crippen molar-refractivity contribution in [3.63, 3.8) is 0 Å². The predicted molar refractivity (Wildman–Crippen MR) is 131 cm³/mol. The molecular formula is C22H30IN3O3S. The number of halogens is 1. The molecule has 2 aromatic carbocycles. The molecule has 0 radical (unpaired) electrons. The number of aryl methyl sites for hydroxylation is 1. The molecule has 1 aliphatic rings. The number of hydrogen-bond donors (Lipinski definition) is 2. The van der Waals surface area contributed by atoms with E-state index in [-0.39, 0.29) is 24.0 Å². The van der Waals surface area contributed by atoms with Crippen LogP contribution in [0.2, 0.25) is 0 Å². The number of nitrogens with one attached hydrogen (secondary N) is 2. The Balaban J connectivity index is 0.00000320. The van der Waals surface area contributed by atoms with Gasteiger partial charge in [0.2, 0.25) is 0 Å². The summed E-state index contributed by atoms with van der Waals surface area (Å²) in [5.74, 6) is 2.30. The summed E-state index contributed by atoms with van der Waals surface area (Å²) >= 11 is 0. The van der Waals surface area contributed by atoms with E-state index in [0.29, 0.717) is 29.9 Å². The molecule has 0 saturated heterocycles. The summed E-state index contributed by atoms with van der Waals surface area (Å²) in [6, 6.07) is 13.4. The fraction of sp³-hybridized carbons (Fsp3) is 0.409. The van der Waals surface area contributed by atoms with Gasteiger partial charge in [-0.3, -0.25) is 4.99 Å². The first kappa shape index (κ1) is 24.5. The number of rotatable bonds is 8. The molecule has 1 aliphatic carbocycles. The molecule has 1 saturated carbocycles. The first-order valence-corrected chi connectivity index (χ1v) is 11.7. The second kappa shape index (κ2) is 11.0. The molecule has 0 aliphatic heterocycles. The molecule has 2 aromatic rings. The summed E-state index contributed by atoms with van der Waals surface area (Å²) in [5, 5.41) is 6.58. The van der Waals surface area contributed by atoms with Crippen molar-refractivity contribution in [1.29, 1.82) is 0 Å². The Morgan fingerprint density at radius 2 is 1.83 bits per heavy atom.